The molecule has 0 atom stereocenters. The summed E-state index contributed by atoms with van der Waals surface area (Å²) in [7, 11) is 1.90. The molecular formula is C23H25N5O4. The van der Waals surface area contributed by atoms with Gasteiger partial charge in [0.05, 0.1) is 25.2 Å². The van der Waals surface area contributed by atoms with Gasteiger partial charge in [0, 0.05) is 32.0 Å². The van der Waals surface area contributed by atoms with Crippen LogP contribution in [0.15, 0.2) is 55.4 Å². The van der Waals surface area contributed by atoms with Crippen molar-refractivity contribution in [3.05, 3.63) is 55.4 Å². The molecule has 0 spiro atoms. The van der Waals surface area contributed by atoms with Gasteiger partial charge in [-0.25, -0.2) is 4.98 Å². The van der Waals surface area contributed by atoms with Gasteiger partial charge < -0.3 is 27.9 Å². The predicted molar refractivity (Wildman–Crippen MR) is 117 cm³/mol. The molecule has 1 aliphatic heterocycles. The number of nitrogens with zero attached hydrogens (tertiary/aromatic N) is 5. The molecule has 1 fully saturated rings. The number of fused-ring (bicyclic) bond motifs is 1. The smallest absolute Gasteiger partial charge is 0.165 e. The molecular weight excluding hydrogens is 410 g/mol. The lowest BCUT2D eigenvalue weighted by molar-refractivity contribution is -0.0388. The summed E-state index contributed by atoms with van der Waals surface area (Å²) >= 11 is 0. The summed E-state index contributed by atoms with van der Waals surface area (Å²) in [5, 5.41) is 8.16. The normalized spacial score (nSPS) is 14.7. The second-order valence-corrected chi connectivity index (χ2v) is 7.65. The summed E-state index contributed by atoms with van der Waals surface area (Å²) in [5.41, 5.74) is 1.75. The standard InChI is InChI=1S/C23H25N5O4/c1-27-16-25-26-23(27)17-12-22(21-13-24-15-28(21)14-17)32-20-4-2-18(3-5-20)30-10-11-31-19-6-8-29-9-7-19/h2-5,12-16,19H,6-11H2,1H3. The minimum atomic E-state index is 0.279. The largest absolute Gasteiger partial charge is 0.491 e. The second-order valence-electron chi connectivity index (χ2n) is 7.65. The maximum absolute atomic E-state index is 6.18. The van der Waals surface area contributed by atoms with E-state index in [0.29, 0.717) is 24.7 Å². The lowest BCUT2D eigenvalue weighted by atomic mass is 10.2. The molecule has 5 rings (SSSR count). The number of pyridine rings is 1. The van der Waals surface area contributed by atoms with Crippen LogP contribution in [-0.2, 0) is 16.5 Å². The SMILES string of the molecule is Cn1cnnc1-c1cc(Oc2ccc(OCCOC3CCOCC3)cc2)c2cncn2c1. The Labute approximate surface area is 185 Å². The van der Waals surface area contributed by atoms with E-state index < -0.39 is 0 Å². The van der Waals surface area contributed by atoms with Crippen LogP contribution in [0.5, 0.6) is 17.2 Å². The van der Waals surface area contributed by atoms with Crippen LogP contribution >= 0.6 is 0 Å². The van der Waals surface area contributed by atoms with Crippen LogP contribution < -0.4 is 9.47 Å². The molecule has 4 heterocycles. The van der Waals surface area contributed by atoms with Crippen LogP contribution in [0.3, 0.4) is 0 Å². The van der Waals surface area contributed by atoms with Gasteiger partial charge in [-0.3, -0.25) is 0 Å². The van der Waals surface area contributed by atoms with Crippen molar-refractivity contribution in [2.45, 2.75) is 18.9 Å². The average Bonchev–Trinajstić information content (AvgIpc) is 3.47. The fourth-order valence-electron chi connectivity index (χ4n) is 3.70. The lowest BCUT2D eigenvalue weighted by Crippen LogP contribution is -2.25. The third-order valence-corrected chi connectivity index (χ3v) is 5.38. The van der Waals surface area contributed by atoms with Crippen molar-refractivity contribution in [3.63, 3.8) is 0 Å². The topological polar surface area (TPSA) is 84.9 Å². The molecule has 0 aliphatic carbocycles. The van der Waals surface area contributed by atoms with Gasteiger partial charge in [-0.1, -0.05) is 0 Å². The molecule has 1 aliphatic rings. The number of imidazole rings is 1. The number of aromatic nitrogens is 5. The predicted octanol–water partition coefficient (Wildman–Crippen LogP) is 3.50. The average molecular weight is 435 g/mol. The quantitative estimate of drug-likeness (QED) is 0.392. The Morgan fingerprint density at radius 3 is 2.66 bits per heavy atom. The highest BCUT2D eigenvalue weighted by molar-refractivity contribution is 5.68. The van der Waals surface area contributed by atoms with Crippen LogP contribution in [0.4, 0.5) is 0 Å². The van der Waals surface area contributed by atoms with Crippen molar-refractivity contribution in [1.82, 2.24) is 24.1 Å². The van der Waals surface area contributed by atoms with E-state index in [1.54, 1.807) is 18.9 Å². The first-order chi connectivity index (χ1) is 15.8. The molecule has 4 aromatic rings. The molecule has 1 saturated heterocycles. The Morgan fingerprint density at radius 2 is 1.88 bits per heavy atom. The summed E-state index contributed by atoms with van der Waals surface area (Å²) in [6.45, 7) is 2.63. The van der Waals surface area contributed by atoms with E-state index in [-0.39, 0.29) is 6.10 Å². The van der Waals surface area contributed by atoms with Crippen LogP contribution in [0.1, 0.15) is 12.8 Å². The fourth-order valence-corrected chi connectivity index (χ4v) is 3.70. The maximum Gasteiger partial charge on any atom is 0.165 e. The Kier molecular flexibility index (Phi) is 6.00. The number of hydrogen-bond donors (Lipinski definition) is 0. The molecule has 0 saturated carbocycles. The summed E-state index contributed by atoms with van der Waals surface area (Å²) in [4.78, 5) is 4.24. The molecule has 0 N–H and O–H groups in total. The van der Waals surface area contributed by atoms with Crippen molar-refractivity contribution >= 4 is 5.52 Å². The number of rotatable bonds is 8. The highest BCUT2D eigenvalue weighted by Crippen LogP contribution is 2.31. The lowest BCUT2D eigenvalue weighted by Gasteiger charge is -2.22. The molecule has 0 radical (unpaired) electrons. The molecule has 166 valence electrons. The zero-order chi connectivity index (χ0) is 21.8. The Morgan fingerprint density at radius 1 is 1.06 bits per heavy atom. The monoisotopic (exact) mass is 435 g/mol. The highest BCUT2D eigenvalue weighted by Gasteiger charge is 2.14. The number of ether oxygens (including phenoxy) is 4. The van der Waals surface area contributed by atoms with Gasteiger partial charge in [0.1, 0.15) is 29.9 Å². The van der Waals surface area contributed by atoms with E-state index in [1.807, 2.05) is 52.5 Å². The molecule has 9 nitrogen and oxygen atoms in total. The van der Waals surface area contributed by atoms with Crippen LogP contribution in [0.2, 0.25) is 0 Å². The van der Waals surface area contributed by atoms with E-state index in [1.165, 1.54) is 0 Å². The Bertz CT molecular complexity index is 1160. The van der Waals surface area contributed by atoms with Gasteiger partial charge in [-0.15, -0.1) is 10.2 Å². The summed E-state index contributed by atoms with van der Waals surface area (Å²) in [6.07, 6.45) is 9.32. The first kappa shape index (κ1) is 20.5. The van der Waals surface area contributed by atoms with Crippen LogP contribution in [-0.4, -0.2) is 56.7 Å². The zero-order valence-corrected chi connectivity index (χ0v) is 17.9. The molecule has 3 aromatic heterocycles. The Balaban J connectivity index is 1.23. The third-order valence-electron chi connectivity index (χ3n) is 5.38. The molecule has 0 unspecified atom stereocenters. The third kappa shape index (κ3) is 4.58. The van der Waals surface area contributed by atoms with Gasteiger partial charge in [0.2, 0.25) is 0 Å². The van der Waals surface area contributed by atoms with Crippen molar-refractivity contribution in [2.24, 2.45) is 7.05 Å². The molecule has 32 heavy (non-hydrogen) atoms. The first-order valence-electron chi connectivity index (χ1n) is 10.7. The minimum absolute atomic E-state index is 0.279. The van der Waals surface area contributed by atoms with E-state index in [0.717, 1.165) is 48.7 Å². The molecule has 0 bridgehead atoms. The van der Waals surface area contributed by atoms with Gasteiger partial charge in [0.15, 0.2) is 11.6 Å². The highest BCUT2D eigenvalue weighted by atomic mass is 16.5. The zero-order valence-electron chi connectivity index (χ0n) is 17.9. The number of aryl methyl sites for hydroxylation is 1. The Hall–Kier alpha value is -3.43. The van der Waals surface area contributed by atoms with E-state index in [9.17, 15) is 0 Å². The summed E-state index contributed by atoms with van der Waals surface area (Å²) < 4.78 is 26.9. The number of hydrogen-bond acceptors (Lipinski definition) is 7. The summed E-state index contributed by atoms with van der Waals surface area (Å²) in [5.74, 6) is 2.91. The van der Waals surface area contributed by atoms with Crippen molar-refractivity contribution in [3.8, 4) is 28.6 Å². The van der Waals surface area contributed by atoms with E-state index in [2.05, 4.69) is 15.2 Å². The van der Waals surface area contributed by atoms with Crippen molar-refractivity contribution in [2.75, 3.05) is 26.4 Å². The number of benzene rings is 1. The van der Waals surface area contributed by atoms with Gasteiger partial charge in [-0.2, -0.15) is 0 Å². The van der Waals surface area contributed by atoms with Crippen molar-refractivity contribution in [1.29, 1.82) is 0 Å². The van der Waals surface area contributed by atoms with Crippen LogP contribution in [0.25, 0.3) is 16.9 Å². The fraction of sp³-hybridized carbons (Fsp3) is 0.348. The van der Waals surface area contributed by atoms with E-state index in [4.69, 9.17) is 18.9 Å². The van der Waals surface area contributed by atoms with Crippen molar-refractivity contribution < 1.29 is 18.9 Å². The minimum Gasteiger partial charge on any atom is -0.491 e. The van der Waals surface area contributed by atoms with Crippen LogP contribution in [0, 0.1) is 0 Å². The molecule has 0 amide bonds. The second kappa shape index (κ2) is 9.37. The first-order valence-corrected chi connectivity index (χ1v) is 10.7. The van der Waals surface area contributed by atoms with E-state index >= 15 is 0 Å². The van der Waals surface area contributed by atoms with Gasteiger partial charge in [-0.05, 0) is 43.2 Å². The van der Waals surface area contributed by atoms with Gasteiger partial charge in [0.25, 0.3) is 0 Å². The molecule has 1 aromatic carbocycles. The van der Waals surface area contributed by atoms with Gasteiger partial charge >= 0.3 is 0 Å². The summed E-state index contributed by atoms with van der Waals surface area (Å²) in [6, 6.07) is 9.50. The molecule has 9 heteroatoms. The maximum atomic E-state index is 6.18.